The summed E-state index contributed by atoms with van der Waals surface area (Å²) in [6.45, 7) is 7.00. The van der Waals surface area contributed by atoms with Gasteiger partial charge in [-0.1, -0.05) is 255 Å². The van der Waals surface area contributed by atoms with Crippen LogP contribution in [0.5, 0.6) is 0 Å². The van der Waals surface area contributed by atoms with Gasteiger partial charge in [0.1, 0.15) is 19.3 Å². The Kier molecular flexibility index (Phi) is 55.3. The number of ether oxygens (including phenoxy) is 1. The highest BCUT2D eigenvalue weighted by Crippen LogP contribution is 2.43. The quantitative estimate of drug-likeness (QED) is 0.0205. The SMILES string of the molecule is CCCCC/C=C\C/C=C\C/C=C\CCCCCCCCC(=O)NC(COP(=O)(O)OCC[N+](C)(C)C)C(/C=C/CCCCCCCCCCCCC)OC(=O)CCCCCCCCCCC/C=C/CCCCCCCC. The number of unbranched alkanes of at least 4 members (excludes halogenated alkanes) is 35. The summed E-state index contributed by atoms with van der Waals surface area (Å²) >= 11 is 0. The third kappa shape index (κ3) is 58.2. The van der Waals surface area contributed by atoms with Crippen molar-refractivity contribution in [1.82, 2.24) is 5.32 Å². The van der Waals surface area contributed by atoms with Crippen molar-refractivity contribution in [3.63, 3.8) is 0 Å². The number of carbonyl (C=O) groups excluding carboxylic acids is 2. The first kappa shape index (κ1) is 74.7. The van der Waals surface area contributed by atoms with Crippen LogP contribution in [0.3, 0.4) is 0 Å². The fourth-order valence-electron chi connectivity index (χ4n) is 9.35. The highest BCUT2D eigenvalue weighted by Gasteiger charge is 2.30. The van der Waals surface area contributed by atoms with Crippen molar-refractivity contribution in [1.29, 1.82) is 0 Å². The van der Waals surface area contributed by atoms with E-state index in [1.54, 1.807) is 0 Å². The zero-order chi connectivity index (χ0) is 56.4. The lowest BCUT2D eigenvalue weighted by Crippen LogP contribution is -2.47. The summed E-state index contributed by atoms with van der Waals surface area (Å²) in [5.41, 5.74) is 0. The number of likely N-dealkylation sites (N-methyl/N-ethyl adjacent to an activating group) is 1. The molecule has 0 radical (unpaired) electrons. The van der Waals surface area contributed by atoms with Gasteiger partial charge in [0.2, 0.25) is 5.91 Å². The number of hydrogen-bond donors (Lipinski definition) is 2. The molecule has 0 aliphatic heterocycles. The Balaban J connectivity index is 5.26. The molecule has 0 saturated heterocycles. The normalized spacial score (nSPS) is 14.0. The Morgan fingerprint density at radius 1 is 0.455 bits per heavy atom. The minimum absolute atomic E-state index is 0.0364. The molecule has 2 N–H and O–H groups in total. The van der Waals surface area contributed by atoms with Crippen molar-refractivity contribution in [2.45, 2.75) is 315 Å². The largest absolute Gasteiger partial charge is 0.472 e. The number of nitrogens with zero attached hydrogens (tertiary/aromatic N) is 1. The van der Waals surface area contributed by atoms with Gasteiger partial charge in [0.25, 0.3) is 0 Å². The molecule has 0 bridgehead atoms. The van der Waals surface area contributed by atoms with Crippen LogP contribution in [-0.4, -0.2) is 74.3 Å². The van der Waals surface area contributed by atoms with E-state index in [0.717, 1.165) is 83.5 Å². The fourth-order valence-corrected chi connectivity index (χ4v) is 10.1. The van der Waals surface area contributed by atoms with Gasteiger partial charge >= 0.3 is 13.8 Å². The molecule has 1 amide bonds. The molecule has 3 atom stereocenters. The van der Waals surface area contributed by atoms with E-state index >= 15 is 0 Å². The van der Waals surface area contributed by atoms with Gasteiger partial charge in [-0.15, -0.1) is 0 Å². The second-order valence-corrected chi connectivity index (χ2v) is 24.7. The number of amides is 1. The van der Waals surface area contributed by atoms with Gasteiger partial charge in [0.05, 0.1) is 33.8 Å². The van der Waals surface area contributed by atoms with E-state index in [1.165, 1.54) is 186 Å². The molecule has 3 unspecified atom stereocenters. The number of esters is 1. The number of nitrogens with one attached hydrogen (secondary N) is 1. The topological polar surface area (TPSA) is 111 Å². The molecule has 0 aliphatic rings. The molecule has 0 rings (SSSR count). The van der Waals surface area contributed by atoms with E-state index in [9.17, 15) is 19.0 Å². The maximum absolute atomic E-state index is 13.6. The summed E-state index contributed by atoms with van der Waals surface area (Å²) in [4.78, 5) is 37.8. The van der Waals surface area contributed by atoms with Crippen LogP contribution in [0.2, 0.25) is 0 Å². The molecule has 0 fully saturated rings. The van der Waals surface area contributed by atoms with Crippen LogP contribution in [0.1, 0.15) is 303 Å². The lowest BCUT2D eigenvalue weighted by Gasteiger charge is -2.27. The number of phosphoric ester groups is 1. The van der Waals surface area contributed by atoms with Gasteiger partial charge < -0.3 is 19.4 Å². The molecule has 0 aromatic heterocycles. The lowest BCUT2D eigenvalue weighted by atomic mass is 10.0. The molecule has 10 heteroatoms. The molecular formula is C67H126N2O7P+. The van der Waals surface area contributed by atoms with Crippen molar-refractivity contribution < 1.29 is 37.3 Å². The molecule has 0 aromatic carbocycles. The van der Waals surface area contributed by atoms with Crippen molar-refractivity contribution in [2.75, 3.05) is 40.9 Å². The summed E-state index contributed by atoms with van der Waals surface area (Å²) in [6, 6.07) is -0.857. The van der Waals surface area contributed by atoms with E-state index in [4.69, 9.17) is 13.8 Å². The highest BCUT2D eigenvalue weighted by molar-refractivity contribution is 7.47. The minimum atomic E-state index is -4.46. The Morgan fingerprint density at radius 3 is 1.22 bits per heavy atom. The maximum Gasteiger partial charge on any atom is 0.472 e. The predicted molar refractivity (Wildman–Crippen MR) is 332 cm³/mol. The van der Waals surface area contributed by atoms with Gasteiger partial charge in [0.15, 0.2) is 0 Å². The number of carbonyl (C=O) groups is 2. The first-order valence-electron chi connectivity index (χ1n) is 32.6. The molecule has 0 saturated carbocycles. The third-order valence-electron chi connectivity index (χ3n) is 14.4. The first-order chi connectivity index (χ1) is 37.4. The van der Waals surface area contributed by atoms with Gasteiger partial charge in [-0.2, -0.15) is 0 Å². The van der Waals surface area contributed by atoms with E-state index in [-0.39, 0.29) is 31.5 Å². The summed E-state index contributed by atoms with van der Waals surface area (Å²) in [5.74, 6) is -0.514. The van der Waals surface area contributed by atoms with Crippen LogP contribution >= 0.6 is 7.82 Å². The maximum atomic E-state index is 13.6. The van der Waals surface area contributed by atoms with E-state index in [0.29, 0.717) is 17.4 Å². The molecule has 0 aliphatic carbocycles. The number of quaternary nitrogens is 1. The van der Waals surface area contributed by atoms with Crippen molar-refractivity contribution >= 4 is 19.7 Å². The summed E-state index contributed by atoms with van der Waals surface area (Å²) in [6.07, 6.45) is 72.1. The highest BCUT2D eigenvalue weighted by atomic mass is 31.2. The molecule has 0 aromatic rings. The van der Waals surface area contributed by atoms with Crippen LogP contribution in [0, 0.1) is 0 Å². The van der Waals surface area contributed by atoms with Crippen LogP contribution in [-0.2, 0) is 27.9 Å². The lowest BCUT2D eigenvalue weighted by molar-refractivity contribution is -0.870. The monoisotopic (exact) mass is 1100 g/mol. The van der Waals surface area contributed by atoms with Crippen molar-refractivity contribution in [2.24, 2.45) is 0 Å². The molecule has 9 nitrogen and oxygen atoms in total. The number of rotatable bonds is 59. The van der Waals surface area contributed by atoms with Crippen molar-refractivity contribution in [3.8, 4) is 0 Å². The number of hydrogen-bond acceptors (Lipinski definition) is 6. The average molecular weight is 1100 g/mol. The van der Waals surface area contributed by atoms with Gasteiger partial charge in [-0.05, 0) is 96.0 Å². The van der Waals surface area contributed by atoms with E-state index < -0.39 is 20.0 Å². The second kappa shape index (κ2) is 57.0. The number of phosphoric acid groups is 1. The molecule has 450 valence electrons. The Labute approximate surface area is 477 Å². The van der Waals surface area contributed by atoms with Crippen LogP contribution in [0.4, 0.5) is 0 Å². The average Bonchev–Trinajstić information content (AvgIpc) is 3.39. The molecular weight excluding hydrogens is 976 g/mol. The van der Waals surface area contributed by atoms with Crippen LogP contribution in [0.25, 0.3) is 0 Å². The fraction of sp³-hybridized carbons (Fsp3) is 0.821. The van der Waals surface area contributed by atoms with E-state index in [1.807, 2.05) is 33.3 Å². The summed E-state index contributed by atoms with van der Waals surface area (Å²) in [7, 11) is 1.49. The standard InChI is InChI=1S/C67H125N2O7P/c1-7-10-13-16-19-22-25-28-30-32-34-36-38-41-44-47-50-53-56-59-66(70)68-64(63-75-77(72,73)74-62-61-69(4,5)6)65(58-55-52-49-46-43-40-27-24-21-18-15-12-9-3)76-67(71)60-57-54-51-48-45-42-39-37-35-33-31-29-26-23-20-17-14-11-8-2/h19,22,28-31,34,36,55,58,64-65H,7-18,20-21,23-27,32-33,35,37-54,56-57,59-63H2,1-6H3,(H-,68,70,72,73)/p+1/b22-19-,30-28-,31-29+,36-34-,58-55+. The molecule has 0 heterocycles. The Hall–Kier alpha value is -2.29. The zero-order valence-corrected chi connectivity index (χ0v) is 52.3. The minimum Gasteiger partial charge on any atom is -0.456 e. The van der Waals surface area contributed by atoms with E-state index in [2.05, 4.69) is 74.7 Å². The van der Waals surface area contributed by atoms with Crippen LogP contribution in [0.15, 0.2) is 60.8 Å². The summed E-state index contributed by atoms with van der Waals surface area (Å²) < 4.78 is 30.8. The third-order valence-corrected chi connectivity index (χ3v) is 15.4. The van der Waals surface area contributed by atoms with Crippen LogP contribution < -0.4 is 5.32 Å². The molecule has 0 spiro atoms. The smallest absolute Gasteiger partial charge is 0.456 e. The number of allylic oxidation sites excluding steroid dienone is 9. The van der Waals surface area contributed by atoms with Crippen molar-refractivity contribution in [3.05, 3.63) is 60.8 Å². The van der Waals surface area contributed by atoms with Gasteiger partial charge in [-0.25, -0.2) is 4.57 Å². The second-order valence-electron chi connectivity index (χ2n) is 23.3. The zero-order valence-electron chi connectivity index (χ0n) is 51.5. The predicted octanol–water partition coefficient (Wildman–Crippen LogP) is 20.2. The Bertz CT molecular complexity index is 1500. The first-order valence-corrected chi connectivity index (χ1v) is 34.1. The molecule has 77 heavy (non-hydrogen) atoms. The van der Waals surface area contributed by atoms with Gasteiger partial charge in [0, 0.05) is 12.8 Å². The Morgan fingerprint density at radius 2 is 0.792 bits per heavy atom. The summed E-state index contributed by atoms with van der Waals surface area (Å²) in [5, 5.41) is 3.06. The van der Waals surface area contributed by atoms with Gasteiger partial charge in [-0.3, -0.25) is 18.6 Å².